The van der Waals surface area contributed by atoms with Gasteiger partial charge in [-0.25, -0.2) is 8.42 Å². The topological polar surface area (TPSA) is 75.7 Å². The van der Waals surface area contributed by atoms with Gasteiger partial charge in [-0.15, -0.1) is 0 Å². The number of hydrogen-bond acceptors (Lipinski definition) is 4. The first-order chi connectivity index (χ1) is 13.5. The van der Waals surface area contributed by atoms with Gasteiger partial charge in [0.2, 0.25) is 15.9 Å². The third-order valence-corrected chi connectivity index (χ3v) is 6.50. The Morgan fingerprint density at radius 1 is 1.18 bits per heavy atom. The minimum atomic E-state index is -3.59. The summed E-state index contributed by atoms with van der Waals surface area (Å²) in [7, 11) is -3.59. The standard InChI is InChI=1S/C21H24N2O4S/c1-2-15-27-19-12-10-18(11-13-19)22-21(24)17-7-6-14-23(16-17)28(25,26)20-8-4-3-5-9-20/h2-5,8-13,17H,1,6-7,14-16H2,(H,22,24)/t17-/m1/s1. The molecule has 3 rings (SSSR count). The van der Waals surface area contributed by atoms with E-state index >= 15 is 0 Å². The van der Waals surface area contributed by atoms with E-state index in [9.17, 15) is 13.2 Å². The number of nitrogens with one attached hydrogen (secondary N) is 1. The Bertz CT molecular complexity index is 911. The lowest BCUT2D eigenvalue weighted by Crippen LogP contribution is -2.43. The van der Waals surface area contributed by atoms with Gasteiger partial charge in [-0.1, -0.05) is 30.9 Å². The molecule has 1 fully saturated rings. The third kappa shape index (κ3) is 4.79. The van der Waals surface area contributed by atoms with E-state index in [2.05, 4.69) is 11.9 Å². The maximum absolute atomic E-state index is 12.8. The lowest BCUT2D eigenvalue weighted by atomic mass is 9.99. The van der Waals surface area contributed by atoms with E-state index in [-0.39, 0.29) is 23.3 Å². The van der Waals surface area contributed by atoms with Crippen LogP contribution in [0.3, 0.4) is 0 Å². The molecule has 1 atom stereocenters. The number of nitrogens with zero attached hydrogens (tertiary/aromatic N) is 1. The summed E-state index contributed by atoms with van der Waals surface area (Å²) < 4.78 is 32.4. The molecule has 0 saturated carbocycles. The Labute approximate surface area is 165 Å². The van der Waals surface area contributed by atoms with Crippen molar-refractivity contribution in [2.75, 3.05) is 25.0 Å². The minimum absolute atomic E-state index is 0.173. The van der Waals surface area contributed by atoms with Crippen LogP contribution in [0.25, 0.3) is 0 Å². The van der Waals surface area contributed by atoms with Crippen molar-refractivity contribution >= 4 is 21.6 Å². The molecule has 148 valence electrons. The van der Waals surface area contributed by atoms with Crippen molar-refractivity contribution in [2.24, 2.45) is 5.92 Å². The quantitative estimate of drug-likeness (QED) is 0.724. The maximum atomic E-state index is 12.8. The van der Waals surface area contributed by atoms with Crippen LogP contribution < -0.4 is 10.1 Å². The second kappa shape index (κ2) is 9.03. The molecular formula is C21H24N2O4S. The summed E-state index contributed by atoms with van der Waals surface area (Å²) in [4.78, 5) is 12.9. The van der Waals surface area contributed by atoms with Gasteiger partial charge in [0.15, 0.2) is 0 Å². The molecule has 1 heterocycles. The minimum Gasteiger partial charge on any atom is -0.490 e. The molecule has 6 nitrogen and oxygen atoms in total. The number of sulfonamides is 1. The van der Waals surface area contributed by atoms with Crippen LogP contribution in [0.1, 0.15) is 12.8 Å². The second-order valence-electron chi connectivity index (χ2n) is 6.63. The number of anilines is 1. The molecule has 0 aliphatic carbocycles. The number of amides is 1. The van der Waals surface area contributed by atoms with E-state index in [4.69, 9.17) is 4.74 Å². The average Bonchev–Trinajstić information content (AvgIpc) is 2.74. The van der Waals surface area contributed by atoms with Gasteiger partial charge in [-0.3, -0.25) is 4.79 Å². The first-order valence-corrected chi connectivity index (χ1v) is 10.6. The molecule has 2 aromatic carbocycles. The molecule has 2 aromatic rings. The smallest absolute Gasteiger partial charge is 0.243 e. The Balaban J connectivity index is 1.64. The number of piperidine rings is 1. The van der Waals surface area contributed by atoms with Crippen LogP contribution in [0.5, 0.6) is 5.75 Å². The fraction of sp³-hybridized carbons (Fsp3) is 0.286. The SMILES string of the molecule is C=CCOc1ccc(NC(=O)[C@@H]2CCCN(S(=O)(=O)c3ccccc3)C2)cc1. The van der Waals surface area contributed by atoms with E-state index in [0.717, 1.165) is 0 Å². The van der Waals surface area contributed by atoms with Crippen molar-refractivity contribution in [1.29, 1.82) is 0 Å². The van der Waals surface area contributed by atoms with Crippen LogP contribution >= 0.6 is 0 Å². The Morgan fingerprint density at radius 2 is 1.89 bits per heavy atom. The normalized spacial score (nSPS) is 17.6. The third-order valence-electron chi connectivity index (χ3n) is 4.63. The zero-order valence-electron chi connectivity index (χ0n) is 15.6. The highest BCUT2D eigenvalue weighted by Crippen LogP contribution is 2.25. The van der Waals surface area contributed by atoms with Crippen molar-refractivity contribution in [2.45, 2.75) is 17.7 Å². The predicted octanol–water partition coefficient (Wildman–Crippen LogP) is 3.29. The van der Waals surface area contributed by atoms with Crippen molar-refractivity contribution in [3.8, 4) is 5.75 Å². The van der Waals surface area contributed by atoms with Crippen LogP contribution in [0, 0.1) is 5.92 Å². The maximum Gasteiger partial charge on any atom is 0.243 e. The van der Waals surface area contributed by atoms with Gasteiger partial charge >= 0.3 is 0 Å². The van der Waals surface area contributed by atoms with Crippen molar-refractivity contribution < 1.29 is 17.9 Å². The van der Waals surface area contributed by atoms with E-state index in [0.29, 0.717) is 37.4 Å². The molecule has 0 radical (unpaired) electrons. The fourth-order valence-electron chi connectivity index (χ4n) is 3.15. The number of carbonyl (C=O) groups excluding carboxylic acids is 1. The largest absolute Gasteiger partial charge is 0.490 e. The van der Waals surface area contributed by atoms with Crippen LogP contribution in [0.2, 0.25) is 0 Å². The summed E-state index contributed by atoms with van der Waals surface area (Å²) in [5.41, 5.74) is 0.652. The number of ether oxygens (including phenoxy) is 1. The van der Waals surface area contributed by atoms with E-state index in [1.807, 2.05) is 0 Å². The molecule has 0 unspecified atom stereocenters. The summed E-state index contributed by atoms with van der Waals surface area (Å²) >= 11 is 0. The second-order valence-corrected chi connectivity index (χ2v) is 8.57. The molecule has 1 aliphatic heterocycles. The summed E-state index contributed by atoms with van der Waals surface area (Å²) in [6.45, 7) is 4.63. The highest BCUT2D eigenvalue weighted by Gasteiger charge is 2.33. The summed E-state index contributed by atoms with van der Waals surface area (Å²) in [5.74, 6) is 0.132. The summed E-state index contributed by atoms with van der Waals surface area (Å²) in [6, 6.07) is 15.4. The van der Waals surface area contributed by atoms with Crippen LogP contribution in [0.4, 0.5) is 5.69 Å². The highest BCUT2D eigenvalue weighted by atomic mass is 32.2. The molecule has 1 amide bonds. The van der Waals surface area contributed by atoms with Gasteiger partial charge in [-0.05, 0) is 49.2 Å². The summed E-state index contributed by atoms with van der Waals surface area (Å²) in [5, 5.41) is 2.87. The van der Waals surface area contributed by atoms with Gasteiger partial charge in [0.05, 0.1) is 10.8 Å². The number of rotatable bonds is 7. The van der Waals surface area contributed by atoms with Crippen molar-refractivity contribution in [1.82, 2.24) is 4.31 Å². The predicted molar refractivity (Wildman–Crippen MR) is 109 cm³/mol. The molecule has 1 aliphatic rings. The molecule has 28 heavy (non-hydrogen) atoms. The van der Waals surface area contributed by atoms with Gasteiger partial charge in [0.25, 0.3) is 0 Å². The Morgan fingerprint density at radius 3 is 2.57 bits per heavy atom. The van der Waals surface area contributed by atoms with Crippen LogP contribution in [0.15, 0.2) is 72.1 Å². The Kier molecular flexibility index (Phi) is 6.49. The zero-order chi connectivity index (χ0) is 20.0. The van der Waals surface area contributed by atoms with Crippen molar-refractivity contribution in [3.05, 3.63) is 67.3 Å². The van der Waals surface area contributed by atoms with E-state index in [1.54, 1.807) is 60.7 Å². The number of carbonyl (C=O) groups is 1. The van der Waals surface area contributed by atoms with Gasteiger partial charge in [-0.2, -0.15) is 4.31 Å². The molecule has 0 aromatic heterocycles. The van der Waals surface area contributed by atoms with Crippen LogP contribution in [-0.4, -0.2) is 38.3 Å². The van der Waals surface area contributed by atoms with E-state index in [1.165, 1.54) is 4.31 Å². The monoisotopic (exact) mass is 400 g/mol. The molecule has 0 spiro atoms. The van der Waals surface area contributed by atoms with Gasteiger partial charge in [0.1, 0.15) is 12.4 Å². The number of benzene rings is 2. The zero-order valence-corrected chi connectivity index (χ0v) is 16.4. The molecule has 7 heteroatoms. The molecular weight excluding hydrogens is 376 g/mol. The lowest BCUT2D eigenvalue weighted by molar-refractivity contribution is -0.120. The Hall–Kier alpha value is -2.64. The summed E-state index contributed by atoms with van der Waals surface area (Å²) in [6.07, 6.45) is 2.97. The van der Waals surface area contributed by atoms with E-state index < -0.39 is 10.0 Å². The fourth-order valence-corrected chi connectivity index (χ4v) is 4.70. The highest BCUT2D eigenvalue weighted by molar-refractivity contribution is 7.89. The average molecular weight is 401 g/mol. The van der Waals surface area contributed by atoms with Crippen molar-refractivity contribution in [3.63, 3.8) is 0 Å². The molecule has 0 bridgehead atoms. The first kappa shape index (κ1) is 20.1. The van der Waals surface area contributed by atoms with Crippen LogP contribution in [-0.2, 0) is 14.8 Å². The lowest BCUT2D eigenvalue weighted by Gasteiger charge is -2.31. The number of hydrogen-bond donors (Lipinski definition) is 1. The van der Waals surface area contributed by atoms with Gasteiger partial charge < -0.3 is 10.1 Å². The van der Waals surface area contributed by atoms with Gasteiger partial charge in [0, 0.05) is 18.8 Å². The molecule has 1 saturated heterocycles. The first-order valence-electron chi connectivity index (χ1n) is 9.20. The molecule has 1 N–H and O–H groups in total.